The molecule has 0 bridgehead atoms. The summed E-state index contributed by atoms with van der Waals surface area (Å²) >= 11 is 0. The maximum atomic E-state index is 13.5. The second-order valence-corrected chi connectivity index (χ2v) is 8.92. The summed E-state index contributed by atoms with van der Waals surface area (Å²) in [5, 5.41) is 2.95. The fourth-order valence-corrected chi connectivity index (χ4v) is 3.92. The molecule has 1 amide bonds. The number of carbonyl (C=O) groups is 1. The van der Waals surface area contributed by atoms with Crippen molar-refractivity contribution in [2.75, 3.05) is 33.4 Å². The number of alkyl halides is 2. The molecule has 192 valence electrons. The van der Waals surface area contributed by atoms with Gasteiger partial charge in [-0.3, -0.25) is 19.1 Å². The van der Waals surface area contributed by atoms with Crippen LogP contribution < -0.4 is 20.3 Å². The van der Waals surface area contributed by atoms with Gasteiger partial charge in [0.15, 0.2) is 11.5 Å². The topological polar surface area (TPSA) is 111 Å². The van der Waals surface area contributed by atoms with Crippen molar-refractivity contribution < 1.29 is 23.0 Å². The van der Waals surface area contributed by atoms with E-state index in [1.54, 1.807) is 23.1 Å². The van der Waals surface area contributed by atoms with Gasteiger partial charge >= 0.3 is 0 Å². The van der Waals surface area contributed by atoms with Crippen LogP contribution in [0.25, 0.3) is 22.6 Å². The van der Waals surface area contributed by atoms with Gasteiger partial charge in [0.25, 0.3) is 11.5 Å². The summed E-state index contributed by atoms with van der Waals surface area (Å²) in [6.45, 7) is 3.69. The number of hydrogen-bond donors (Lipinski definition) is 1. The number of carbonyl (C=O) groups excluding carboxylic acids is 1. The molecule has 0 unspecified atom stereocenters. The number of pyridine rings is 2. The van der Waals surface area contributed by atoms with Gasteiger partial charge < -0.3 is 14.8 Å². The summed E-state index contributed by atoms with van der Waals surface area (Å²) in [6.07, 6.45) is 2.00. The highest BCUT2D eigenvalue weighted by Gasteiger charge is 2.43. The van der Waals surface area contributed by atoms with Crippen LogP contribution in [0, 0.1) is 0 Å². The van der Waals surface area contributed by atoms with E-state index in [0.717, 1.165) is 0 Å². The SMILES string of the molecule is COc1cccc(-c2nc3ncc(OCCCN4CC(F)(F)C4)cc3c(=O)n2CC(=O)NC(C)C)n1. The van der Waals surface area contributed by atoms with Gasteiger partial charge in [0, 0.05) is 18.7 Å². The zero-order chi connectivity index (χ0) is 25.9. The standard InChI is InChI=1S/C24H28F2N6O4/c1-15(2)28-19(33)12-32-22(18-6-4-7-20(29-18)35-3)30-21-17(23(32)34)10-16(11-27-21)36-9-5-8-31-13-24(25,26)14-31/h4,6-7,10-11,15H,5,8-9,12-14H2,1-3H3,(H,28,33). The first kappa shape index (κ1) is 25.4. The number of hydrogen-bond acceptors (Lipinski definition) is 8. The van der Waals surface area contributed by atoms with E-state index in [9.17, 15) is 18.4 Å². The van der Waals surface area contributed by atoms with E-state index in [1.165, 1.54) is 23.9 Å². The molecule has 1 aliphatic heterocycles. The van der Waals surface area contributed by atoms with E-state index in [4.69, 9.17) is 9.47 Å². The predicted molar refractivity (Wildman–Crippen MR) is 128 cm³/mol. The molecule has 12 heteroatoms. The summed E-state index contributed by atoms with van der Waals surface area (Å²) in [7, 11) is 1.48. The van der Waals surface area contributed by atoms with Crippen molar-refractivity contribution >= 4 is 16.9 Å². The van der Waals surface area contributed by atoms with Gasteiger partial charge in [0.2, 0.25) is 11.8 Å². The van der Waals surface area contributed by atoms with Gasteiger partial charge in [-0.2, -0.15) is 0 Å². The molecule has 3 aromatic rings. The average Bonchev–Trinajstić information content (AvgIpc) is 2.82. The van der Waals surface area contributed by atoms with Gasteiger partial charge in [-0.15, -0.1) is 0 Å². The summed E-state index contributed by atoms with van der Waals surface area (Å²) in [6, 6.07) is 6.45. The minimum atomic E-state index is -2.60. The molecule has 4 heterocycles. The van der Waals surface area contributed by atoms with E-state index >= 15 is 0 Å². The lowest BCUT2D eigenvalue weighted by Crippen LogP contribution is -2.56. The van der Waals surface area contributed by atoms with Crippen molar-refractivity contribution in [3.63, 3.8) is 0 Å². The largest absolute Gasteiger partial charge is 0.492 e. The molecule has 1 saturated heterocycles. The molecule has 0 saturated carbocycles. The number of methoxy groups -OCH3 is 1. The lowest BCUT2D eigenvalue weighted by Gasteiger charge is -2.38. The van der Waals surface area contributed by atoms with Gasteiger partial charge in [0.05, 0.1) is 38.4 Å². The number of fused-ring (bicyclic) bond motifs is 1. The number of nitrogens with zero attached hydrogens (tertiary/aromatic N) is 5. The monoisotopic (exact) mass is 502 g/mol. The van der Waals surface area contributed by atoms with Crippen molar-refractivity contribution in [3.05, 3.63) is 40.8 Å². The highest BCUT2D eigenvalue weighted by Crippen LogP contribution is 2.26. The summed E-state index contributed by atoms with van der Waals surface area (Å²) in [5.41, 5.74) is 0.0546. The van der Waals surface area contributed by atoms with Crippen molar-refractivity contribution in [2.45, 2.75) is 38.8 Å². The minimum Gasteiger partial charge on any atom is -0.492 e. The van der Waals surface area contributed by atoms with E-state index in [0.29, 0.717) is 30.3 Å². The molecule has 1 N–H and O–H groups in total. The Labute approximate surface area is 206 Å². The second kappa shape index (κ2) is 10.5. The Balaban J connectivity index is 1.60. The van der Waals surface area contributed by atoms with Gasteiger partial charge in [-0.25, -0.2) is 23.7 Å². The second-order valence-electron chi connectivity index (χ2n) is 8.92. The maximum absolute atomic E-state index is 13.5. The Morgan fingerprint density at radius 3 is 2.72 bits per heavy atom. The number of rotatable bonds is 10. The number of amides is 1. The molecule has 0 radical (unpaired) electrons. The van der Waals surface area contributed by atoms with Crippen molar-refractivity contribution in [1.29, 1.82) is 0 Å². The highest BCUT2D eigenvalue weighted by atomic mass is 19.3. The third-order valence-corrected chi connectivity index (χ3v) is 5.50. The summed E-state index contributed by atoms with van der Waals surface area (Å²) in [4.78, 5) is 40.9. The number of ether oxygens (including phenoxy) is 2. The third kappa shape index (κ3) is 5.93. The predicted octanol–water partition coefficient (Wildman–Crippen LogP) is 2.11. The Hall–Kier alpha value is -3.67. The summed E-state index contributed by atoms with van der Waals surface area (Å²) in [5.74, 6) is -2.09. The van der Waals surface area contributed by atoms with E-state index in [-0.39, 0.29) is 55.0 Å². The number of likely N-dealkylation sites (tertiary alicyclic amines) is 1. The lowest BCUT2D eigenvalue weighted by molar-refractivity contribution is -0.130. The molecule has 36 heavy (non-hydrogen) atoms. The molecule has 0 atom stereocenters. The van der Waals surface area contributed by atoms with E-state index < -0.39 is 11.5 Å². The molecule has 4 rings (SSSR count). The normalized spacial score (nSPS) is 15.1. The lowest BCUT2D eigenvalue weighted by atomic mass is 10.1. The number of nitrogens with one attached hydrogen (secondary N) is 1. The Bertz CT molecular complexity index is 1310. The van der Waals surface area contributed by atoms with Crippen LogP contribution in [0.1, 0.15) is 20.3 Å². The van der Waals surface area contributed by atoms with Crippen LogP contribution in [0.15, 0.2) is 35.3 Å². The maximum Gasteiger partial charge on any atom is 0.272 e. The molecular weight excluding hydrogens is 474 g/mol. The quantitative estimate of drug-likeness (QED) is 0.420. The van der Waals surface area contributed by atoms with E-state index in [2.05, 4.69) is 20.3 Å². The van der Waals surface area contributed by atoms with Crippen LogP contribution in [0.5, 0.6) is 11.6 Å². The number of halogens is 2. The molecule has 3 aromatic heterocycles. The number of aromatic nitrogens is 4. The molecule has 0 aliphatic carbocycles. The van der Waals surface area contributed by atoms with Crippen LogP contribution in [0.4, 0.5) is 8.78 Å². The fraction of sp³-hybridized carbons (Fsp3) is 0.458. The molecule has 1 aliphatic rings. The fourth-order valence-electron chi connectivity index (χ4n) is 3.92. The third-order valence-electron chi connectivity index (χ3n) is 5.50. The van der Waals surface area contributed by atoms with Crippen molar-refractivity contribution in [2.24, 2.45) is 0 Å². The van der Waals surface area contributed by atoms with Crippen LogP contribution in [0.3, 0.4) is 0 Å². The van der Waals surface area contributed by atoms with Gasteiger partial charge in [0.1, 0.15) is 18.0 Å². The molecule has 1 fully saturated rings. The zero-order valence-corrected chi connectivity index (χ0v) is 20.3. The first-order valence-electron chi connectivity index (χ1n) is 11.6. The Morgan fingerprint density at radius 2 is 2.03 bits per heavy atom. The molecular formula is C24H28F2N6O4. The average molecular weight is 503 g/mol. The first-order chi connectivity index (χ1) is 17.1. The van der Waals surface area contributed by atoms with Gasteiger partial charge in [-0.1, -0.05) is 6.07 Å². The zero-order valence-electron chi connectivity index (χ0n) is 20.3. The molecule has 10 nitrogen and oxygen atoms in total. The first-order valence-corrected chi connectivity index (χ1v) is 11.6. The Kier molecular flexibility index (Phi) is 7.43. The summed E-state index contributed by atoms with van der Waals surface area (Å²) < 4.78 is 38.0. The van der Waals surface area contributed by atoms with Crippen molar-refractivity contribution in [1.82, 2.24) is 29.7 Å². The van der Waals surface area contributed by atoms with Crippen LogP contribution in [-0.4, -0.2) is 75.6 Å². The van der Waals surface area contributed by atoms with Crippen LogP contribution in [-0.2, 0) is 11.3 Å². The molecule has 0 aromatic carbocycles. The van der Waals surface area contributed by atoms with Crippen LogP contribution >= 0.6 is 0 Å². The molecule has 0 spiro atoms. The smallest absolute Gasteiger partial charge is 0.272 e. The van der Waals surface area contributed by atoms with Crippen molar-refractivity contribution in [3.8, 4) is 23.1 Å². The van der Waals surface area contributed by atoms with Gasteiger partial charge in [-0.05, 0) is 32.4 Å². The van der Waals surface area contributed by atoms with E-state index in [1.807, 2.05) is 13.8 Å². The van der Waals surface area contributed by atoms with Crippen LogP contribution in [0.2, 0.25) is 0 Å². The minimum absolute atomic E-state index is 0.107. The Morgan fingerprint density at radius 1 is 1.25 bits per heavy atom. The highest BCUT2D eigenvalue weighted by molar-refractivity contribution is 5.80.